The summed E-state index contributed by atoms with van der Waals surface area (Å²) in [5.41, 5.74) is 0. The van der Waals surface area contributed by atoms with E-state index < -0.39 is 5.97 Å². The van der Waals surface area contributed by atoms with Crippen LogP contribution >= 0.6 is 0 Å². The number of hydrogen-bond donors (Lipinski definition) is 1. The second-order valence-electron chi connectivity index (χ2n) is 6.66. The number of rotatable bonds is 5. The summed E-state index contributed by atoms with van der Waals surface area (Å²) in [5.74, 6) is -0.101. The number of aliphatic carboxylic acids is 1. The molecule has 1 aliphatic carbocycles. The monoisotopic (exact) mass is 296 g/mol. The fraction of sp³-hybridized carbons (Fsp3) is 0.875. The summed E-state index contributed by atoms with van der Waals surface area (Å²) in [5, 5.41) is 8.76. The van der Waals surface area contributed by atoms with Gasteiger partial charge in [-0.25, -0.2) is 4.79 Å². The van der Waals surface area contributed by atoms with Crippen LogP contribution in [0.5, 0.6) is 0 Å². The molecule has 1 heterocycles. The zero-order valence-corrected chi connectivity index (χ0v) is 13.3. The summed E-state index contributed by atoms with van der Waals surface area (Å²) in [6, 6.07) is 0.658. The Labute approximate surface area is 127 Å². The predicted molar refractivity (Wildman–Crippen MR) is 81.2 cm³/mol. The first-order chi connectivity index (χ1) is 10.0. The molecule has 2 rings (SSSR count). The number of likely N-dealkylation sites (tertiary alicyclic amines) is 1. The Morgan fingerprint density at radius 2 is 1.95 bits per heavy atom. The zero-order chi connectivity index (χ0) is 15.4. The van der Waals surface area contributed by atoms with Gasteiger partial charge >= 0.3 is 12.0 Å². The SMILES string of the molecule is CC(C)N(CCCC(=O)O)C(=O)N1CCC2CCCCC21. The third kappa shape index (κ3) is 3.89. The number of carboxylic acids is 1. The molecule has 0 aromatic rings. The van der Waals surface area contributed by atoms with Crippen molar-refractivity contribution >= 4 is 12.0 Å². The zero-order valence-electron chi connectivity index (χ0n) is 13.3. The average Bonchev–Trinajstić information content (AvgIpc) is 2.86. The fourth-order valence-electron chi connectivity index (χ4n) is 3.78. The molecule has 1 saturated heterocycles. The maximum atomic E-state index is 12.8. The fourth-order valence-corrected chi connectivity index (χ4v) is 3.78. The molecule has 21 heavy (non-hydrogen) atoms. The van der Waals surface area contributed by atoms with Crippen LogP contribution in [0.15, 0.2) is 0 Å². The Hall–Kier alpha value is -1.26. The van der Waals surface area contributed by atoms with Gasteiger partial charge in [0, 0.05) is 31.6 Å². The summed E-state index contributed by atoms with van der Waals surface area (Å²) in [7, 11) is 0. The highest BCUT2D eigenvalue weighted by Gasteiger charge is 2.39. The van der Waals surface area contributed by atoms with Crippen molar-refractivity contribution in [1.29, 1.82) is 0 Å². The van der Waals surface area contributed by atoms with Gasteiger partial charge < -0.3 is 14.9 Å². The number of nitrogens with zero attached hydrogens (tertiary/aromatic N) is 2. The highest BCUT2D eigenvalue weighted by atomic mass is 16.4. The molecule has 1 saturated carbocycles. The van der Waals surface area contributed by atoms with E-state index in [1.54, 1.807) is 0 Å². The van der Waals surface area contributed by atoms with E-state index in [-0.39, 0.29) is 18.5 Å². The van der Waals surface area contributed by atoms with Gasteiger partial charge in [-0.15, -0.1) is 0 Å². The highest BCUT2D eigenvalue weighted by Crippen LogP contribution is 2.36. The second kappa shape index (κ2) is 7.14. The maximum Gasteiger partial charge on any atom is 0.320 e. The minimum Gasteiger partial charge on any atom is -0.481 e. The van der Waals surface area contributed by atoms with Crippen LogP contribution in [0.2, 0.25) is 0 Å². The van der Waals surface area contributed by atoms with Crippen LogP contribution in [-0.4, -0.2) is 52.1 Å². The van der Waals surface area contributed by atoms with E-state index in [4.69, 9.17) is 5.11 Å². The van der Waals surface area contributed by atoms with Crippen LogP contribution in [-0.2, 0) is 4.79 Å². The first-order valence-corrected chi connectivity index (χ1v) is 8.29. The standard InChI is InChI=1S/C16H28N2O3/c1-12(2)17(10-5-8-15(19)20)16(21)18-11-9-13-6-3-4-7-14(13)18/h12-14H,3-11H2,1-2H3,(H,19,20). The molecule has 5 nitrogen and oxygen atoms in total. The van der Waals surface area contributed by atoms with Crippen LogP contribution in [0.3, 0.4) is 0 Å². The number of urea groups is 1. The molecule has 2 fully saturated rings. The summed E-state index contributed by atoms with van der Waals surface area (Å²) < 4.78 is 0. The summed E-state index contributed by atoms with van der Waals surface area (Å²) in [6.45, 7) is 5.42. The molecule has 1 N–H and O–H groups in total. The molecule has 2 aliphatic rings. The Morgan fingerprint density at radius 1 is 1.24 bits per heavy atom. The smallest absolute Gasteiger partial charge is 0.320 e. The number of carboxylic acid groups (broad SMARTS) is 1. The van der Waals surface area contributed by atoms with Gasteiger partial charge in [-0.1, -0.05) is 12.8 Å². The molecule has 0 aromatic heterocycles. The van der Waals surface area contributed by atoms with Crippen molar-refractivity contribution in [3.05, 3.63) is 0 Å². The summed E-state index contributed by atoms with van der Waals surface area (Å²) in [6.07, 6.45) is 6.72. The predicted octanol–water partition coefficient (Wildman–Crippen LogP) is 2.95. The molecule has 2 amide bonds. The summed E-state index contributed by atoms with van der Waals surface area (Å²) in [4.78, 5) is 27.4. The number of carbonyl (C=O) groups is 2. The van der Waals surface area contributed by atoms with E-state index in [1.807, 2.05) is 18.7 Å². The number of amides is 2. The minimum atomic E-state index is -0.792. The third-order valence-corrected chi connectivity index (χ3v) is 4.91. The lowest BCUT2D eigenvalue weighted by atomic mass is 9.85. The van der Waals surface area contributed by atoms with Crippen LogP contribution < -0.4 is 0 Å². The third-order valence-electron chi connectivity index (χ3n) is 4.91. The first-order valence-electron chi connectivity index (χ1n) is 8.29. The molecular formula is C16H28N2O3. The van der Waals surface area contributed by atoms with Gasteiger partial charge in [0.2, 0.25) is 0 Å². The lowest BCUT2D eigenvalue weighted by Crippen LogP contribution is -2.49. The van der Waals surface area contributed by atoms with E-state index in [1.165, 1.54) is 19.3 Å². The van der Waals surface area contributed by atoms with Gasteiger partial charge in [0.1, 0.15) is 0 Å². The van der Waals surface area contributed by atoms with Crippen molar-refractivity contribution < 1.29 is 14.7 Å². The maximum absolute atomic E-state index is 12.8. The van der Waals surface area contributed by atoms with Gasteiger partial charge in [0.25, 0.3) is 0 Å². The molecule has 2 atom stereocenters. The largest absolute Gasteiger partial charge is 0.481 e. The van der Waals surface area contributed by atoms with E-state index in [0.717, 1.165) is 19.4 Å². The van der Waals surface area contributed by atoms with E-state index in [2.05, 4.69) is 4.90 Å². The molecule has 0 spiro atoms. The molecule has 5 heteroatoms. The van der Waals surface area contributed by atoms with Crippen molar-refractivity contribution in [3.63, 3.8) is 0 Å². The number of fused-ring (bicyclic) bond motifs is 1. The Bertz CT molecular complexity index is 384. The van der Waals surface area contributed by atoms with Crippen molar-refractivity contribution in [2.45, 2.75) is 70.9 Å². The van der Waals surface area contributed by atoms with Gasteiger partial charge in [-0.2, -0.15) is 0 Å². The molecule has 0 radical (unpaired) electrons. The molecule has 2 unspecified atom stereocenters. The number of carbonyl (C=O) groups excluding carboxylic acids is 1. The van der Waals surface area contributed by atoms with Crippen molar-refractivity contribution in [1.82, 2.24) is 9.80 Å². The molecule has 1 aliphatic heterocycles. The Kier molecular flexibility index (Phi) is 5.48. The first kappa shape index (κ1) is 16.1. The van der Waals surface area contributed by atoms with Crippen molar-refractivity contribution in [3.8, 4) is 0 Å². The van der Waals surface area contributed by atoms with Crippen LogP contribution in [0.4, 0.5) is 4.79 Å². The van der Waals surface area contributed by atoms with Crippen LogP contribution in [0, 0.1) is 5.92 Å². The van der Waals surface area contributed by atoms with Gasteiger partial charge in [-0.05, 0) is 45.4 Å². The highest BCUT2D eigenvalue weighted by molar-refractivity contribution is 5.75. The lowest BCUT2D eigenvalue weighted by molar-refractivity contribution is -0.137. The molecule has 0 aromatic carbocycles. The quantitative estimate of drug-likeness (QED) is 0.848. The van der Waals surface area contributed by atoms with E-state index >= 15 is 0 Å². The summed E-state index contributed by atoms with van der Waals surface area (Å²) >= 11 is 0. The van der Waals surface area contributed by atoms with Crippen LogP contribution in [0.1, 0.15) is 58.8 Å². The van der Waals surface area contributed by atoms with E-state index in [0.29, 0.717) is 24.9 Å². The van der Waals surface area contributed by atoms with Crippen LogP contribution in [0.25, 0.3) is 0 Å². The minimum absolute atomic E-state index is 0.116. The van der Waals surface area contributed by atoms with Crippen molar-refractivity contribution in [2.24, 2.45) is 5.92 Å². The lowest BCUT2D eigenvalue weighted by Gasteiger charge is -2.37. The normalized spacial score (nSPS) is 25.0. The second-order valence-corrected chi connectivity index (χ2v) is 6.66. The molecule has 120 valence electrons. The average molecular weight is 296 g/mol. The van der Waals surface area contributed by atoms with Gasteiger partial charge in [0.15, 0.2) is 0 Å². The Balaban J connectivity index is 1.96. The topological polar surface area (TPSA) is 60.9 Å². The van der Waals surface area contributed by atoms with Gasteiger partial charge in [-0.3, -0.25) is 4.79 Å². The van der Waals surface area contributed by atoms with Crippen molar-refractivity contribution in [2.75, 3.05) is 13.1 Å². The molecular weight excluding hydrogens is 268 g/mol. The van der Waals surface area contributed by atoms with E-state index in [9.17, 15) is 9.59 Å². The van der Waals surface area contributed by atoms with Gasteiger partial charge in [0.05, 0.1) is 0 Å². The molecule has 0 bridgehead atoms. The number of hydrogen-bond acceptors (Lipinski definition) is 2. The Morgan fingerprint density at radius 3 is 2.62 bits per heavy atom.